The number of carbonyl (C=O) groups excluding carboxylic acids is 1. The van der Waals surface area contributed by atoms with Crippen molar-refractivity contribution in [1.82, 2.24) is 4.98 Å². The first-order chi connectivity index (χ1) is 14.0. The van der Waals surface area contributed by atoms with Gasteiger partial charge in [0, 0.05) is 0 Å². The number of hydrogen-bond acceptors (Lipinski definition) is 6. The minimum atomic E-state index is -0.587. The van der Waals surface area contributed by atoms with Crippen molar-refractivity contribution in [2.24, 2.45) is 23.3 Å². The van der Waals surface area contributed by atoms with Gasteiger partial charge < -0.3 is 0 Å². The molecule has 2 heterocycles. The van der Waals surface area contributed by atoms with Gasteiger partial charge in [0.25, 0.3) is 0 Å². The number of nitrogens with zero attached hydrogens (tertiary/aromatic N) is 1. The molecular weight excluding hydrogens is 372 g/mol. The fraction of sp³-hybridized carbons (Fsp3) is 0.350. The summed E-state index contributed by atoms with van der Waals surface area (Å²) < 4.78 is 20.4. The van der Waals surface area contributed by atoms with Crippen molar-refractivity contribution in [3.63, 3.8) is 0 Å². The van der Waals surface area contributed by atoms with Crippen molar-refractivity contribution < 1.29 is 13.9 Å². The Morgan fingerprint density at radius 1 is 1.41 bits per heavy atom. The fourth-order valence-corrected chi connectivity index (χ4v) is 4.09. The van der Waals surface area contributed by atoms with E-state index in [-0.39, 0.29) is 24.1 Å². The molecule has 0 saturated carbocycles. The fourth-order valence-electron chi connectivity index (χ4n) is 4.09. The third kappa shape index (κ3) is 4.09. The van der Waals surface area contributed by atoms with Gasteiger partial charge in [0.2, 0.25) is 0 Å². The second kappa shape index (κ2) is 8.20. The summed E-state index contributed by atoms with van der Waals surface area (Å²) in [5.41, 5.74) is 13.8. The van der Waals surface area contributed by atoms with E-state index in [2.05, 4.69) is 15.6 Å². The summed E-state index contributed by atoms with van der Waals surface area (Å²) in [5.74, 6) is -0.836. The summed E-state index contributed by atoms with van der Waals surface area (Å²) in [5, 5.41) is 6.36. The van der Waals surface area contributed by atoms with Gasteiger partial charge in [-0.3, -0.25) is 0 Å². The Kier molecular flexibility index (Phi) is 5.48. The van der Waals surface area contributed by atoms with Crippen LogP contribution in [0, 0.1) is 17.7 Å². The topological polar surface area (TPSA) is 115 Å². The average Bonchev–Trinajstić information content (AvgIpc) is 3.05. The van der Waals surface area contributed by atoms with E-state index in [4.69, 9.17) is 16.2 Å². The summed E-state index contributed by atoms with van der Waals surface area (Å²) in [6.45, 7) is 2.35. The quantitative estimate of drug-likeness (QED) is 0.577. The molecule has 4 rings (SSSR count). The SMILES string of the molecule is NCC1=C[C@@H]2CCCOc3cccc(c3)Nc3bc(c(F)cn3)NC2C1C(N)=O. The second-order valence-electron chi connectivity index (χ2n) is 7.35. The summed E-state index contributed by atoms with van der Waals surface area (Å²) in [6, 6.07) is 7.14. The molecule has 2 aromatic rings. The van der Waals surface area contributed by atoms with Crippen molar-refractivity contribution in [2.45, 2.75) is 18.9 Å². The van der Waals surface area contributed by atoms with Crippen LogP contribution in [-0.4, -0.2) is 37.0 Å². The Balaban J connectivity index is 1.72. The van der Waals surface area contributed by atoms with Gasteiger partial charge in [-0.05, 0) is 0 Å². The van der Waals surface area contributed by atoms with Gasteiger partial charge in [0.1, 0.15) is 0 Å². The van der Waals surface area contributed by atoms with E-state index in [0.717, 1.165) is 36.0 Å². The van der Waals surface area contributed by atoms with E-state index in [1.54, 1.807) is 6.91 Å². The Morgan fingerprint density at radius 3 is 3.07 bits per heavy atom. The number of anilines is 3. The Labute approximate surface area is 168 Å². The van der Waals surface area contributed by atoms with E-state index in [9.17, 15) is 9.18 Å². The first kappa shape index (κ1) is 19.4. The normalized spacial score (nSPS) is 23.4. The molecule has 9 heteroatoms. The molecule has 1 aliphatic heterocycles. The molecule has 1 aromatic heterocycles. The van der Waals surface area contributed by atoms with Gasteiger partial charge in [0.15, 0.2) is 0 Å². The van der Waals surface area contributed by atoms with Crippen LogP contribution in [0.3, 0.4) is 0 Å². The molecule has 0 fully saturated rings. The van der Waals surface area contributed by atoms with Crippen LogP contribution in [0.5, 0.6) is 5.75 Å². The van der Waals surface area contributed by atoms with E-state index in [1.165, 1.54) is 0 Å². The third-order valence-corrected chi connectivity index (χ3v) is 5.42. The van der Waals surface area contributed by atoms with Crippen LogP contribution < -0.4 is 26.8 Å². The van der Waals surface area contributed by atoms with E-state index < -0.39 is 17.6 Å². The maximum absolute atomic E-state index is 14.5. The zero-order valence-corrected chi connectivity index (χ0v) is 15.9. The molecule has 1 amide bonds. The molecule has 6 N–H and O–H groups in total. The summed E-state index contributed by atoms with van der Waals surface area (Å²) in [6.07, 6.45) is 4.67. The van der Waals surface area contributed by atoms with Crippen molar-refractivity contribution in [3.05, 3.63) is 47.9 Å². The Bertz CT molecular complexity index is 954. The van der Waals surface area contributed by atoms with Crippen LogP contribution in [-0.2, 0) is 4.79 Å². The zero-order valence-electron chi connectivity index (χ0n) is 15.9. The first-order valence-corrected chi connectivity index (χ1v) is 9.67. The van der Waals surface area contributed by atoms with Gasteiger partial charge in [-0.15, -0.1) is 0 Å². The number of primary amides is 1. The second-order valence-corrected chi connectivity index (χ2v) is 7.35. The number of rotatable bonds is 2. The van der Waals surface area contributed by atoms with Crippen molar-refractivity contribution >= 4 is 29.8 Å². The average molecular weight is 395 g/mol. The molecular formula is C20H23BFN5O2. The number of amides is 1. The molecule has 0 radical (unpaired) electrons. The van der Waals surface area contributed by atoms with Gasteiger partial charge in [-0.2, -0.15) is 0 Å². The Hall–Kier alpha value is -2.94. The van der Waals surface area contributed by atoms with E-state index in [1.807, 2.05) is 30.3 Å². The number of fused-ring (bicyclic) bond motifs is 5. The van der Waals surface area contributed by atoms with Crippen molar-refractivity contribution in [1.29, 1.82) is 0 Å². The number of hydrogen-bond donors (Lipinski definition) is 4. The number of nitrogens with one attached hydrogen (secondary N) is 2. The van der Waals surface area contributed by atoms with Crippen LogP contribution in [0.15, 0.2) is 42.1 Å². The summed E-state index contributed by atoms with van der Waals surface area (Å²) in [4.78, 5) is 16.3. The predicted molar refractivity (Wildman–Crippen MR) is 111 cm³/mol. The van der Waals surface area contributed by atoms with Crippen LogP contribution in [0.1, 0.15) is 12.8 Å². The van der Waals surface area contributed by atoms with Gasteiger partial charge in [-0.1, -0.05) is 0 Å². The van der Waals surface area contributed by atoms with Crippen LogP contribution in [0.4, 0.5) is 21.4 Å². The molecule has 1 aliphatic carbocycles. The van der Waals surface area contributed by atoms with Crippen LogP contribution >= 0.6 is 0 Å². The van der Waals surface area contributed by atoms with Gasteiger partial charge in [0.05, 0.1) is 0 Å². The molecule has 2 aliphatic rings. The van der Waals surface area contributed by atoms with E-state index >= 15 is 0 Å². The molecule has 2 unspecified atom stereocenters. The molecule has 7 nitrogen and oxygen atoms in total. The maximum atomic E-state index is 14.5. The predicted octanol–water partition coefficient (Wildman–Crippen LogP) is 1.87. The van der Waals surface area contributed by atoms with Crippen LogP contribution in [0.25, 0.3) is 0 Å². The molecule has 4 bridgehead atoms. The number of nitrogens with two attached hydrogens (primary N) is 2. The molecule has 0 spiro atoms. The summed E-state index contributed by atoms with van der Waals surface area (Å²) >= 11 is 0. The van der Waals surface area contributed by atoms with Crippen molar-refractivity contribution in [3.8, 4) is 5.75 Å². The molecule has 1 aromatic carbocycles. The number of benzene rings is 1. The minimum absolute atomic E-state index is 0.0205. The zero-order chi connectivity index (χ0) is 20.4. The Morgan fingerprint density at radius 2 is 2.28 bits per heavy atom. The van der Waals surface area contributed by atoms with Crippen LogP contribution in [0.2, 0.25) is 0 Å². The number of halogens is 1. The number of aromatic nitrogens is 1. The molecule has 0 saturated heterocycles. The summed E-state index contributed by atoms with van der Waals surface area (Å²) in [7, 11) is 0. The van der Waals surface area contributed by atoms with E-state index in [0.29, 0.717) is 12.3 Å². The molecule has 3 atom stereocenters. The monoisotopic (exact) mass is 395 g/mol. The van der Waals surface area contributed by atoms with Gasteiger partial charge in [-0.25, -0.2) is 0 Å². The first-order valence-electron chi connectivity index (χ1n) is 9.67. The third-order valence-electron chi connectivity index (χ3n) is 5.42. The van der Waals surface area contributed by atoms with Gasteiger partial charge >= 0.3 is 168 Å². The standard InChI is InChI=1S/C20H23BFN5O2/c22-15-10-25-20-21-18(15)27-17-11(7-12(9-23)16(17)19(24)28)3-2-6-29-14-5-1-4-13(8-14)26-20/h1,4-5,7-8,10-11,16-17,27H,2-3,6,9,23H2,(H2,24,28)(H,25,26)/t11-,16?,17?/m0/s1. The molecule has 150 valence electrons. The molecule has 29 heavy (non-hydrogen) atoms. The van der Waals surface area contributed by atoms with Crippen molar-refractivity contribution in [2.75, 3.05) is 23.8 Å². The number of carbonyl (C=O) groups is 1. The number of ether oxygens (including phenoxy) is 1.